The van der Waals surface area contributed by atoms with Crippen molar-refractivity contribution in [2.75, 3.05) is 23.4 Å². The summed E-state index contributed by atoms with van der Waals surface area (Å²) in [5.41, 5.74) is -2.56. The van der Waals surface area contributed by atoms with Gasteiger partial charge in [0.25, 0.3) is 11.8 Å². The molecule has 6 rings (SSSR count). The number of carbonyl (C=O) groups excluding carboxylic acids is 2. The van der Waals surface area contributed by atoms with E-state index in [1.165, 1.54) is 18.5 Å². The topological polar surface area (TPSA) is 110 Å². The summed E-state index contributed by atoms with van der Waals surface area (Å²) in [6, 6.07) is 6.59. The van der Waals surface area contributed by atoms with E-state index in [4.69, 9.17) is 4.74 Å². The lowest BCUT2D eigenvalue weighted by atomic mass is 9.97. The number of aromatic nitrogens is 3. The van der Waals surface area contributed by atoms with Crippen LogP contribution in [0.1, 0.15) is 29.0 Å². The van der Waals surface area contributed by atoms with E-state index in [-0.39, 0.29) is 30.5 Å². The van der Waals surface area contributed by atoms with E-state index in [1.807, 2.05) is 0 Å². The summed E-state index contributed by atoms with van der Waals surface area (Å²) in [5.74, 6) is -3.19. The molecule has 168 valence electrons. The number of hydrogen-bond acceptors (Lipinski definition) is 6. The zero-order chi connectivity index (χ0) is 23.0. The lowest BCUT2D eigenvalue weighted by molar-refractivity contribution is -0.188. The number of fused-ring (bicyclic) bond motifs is 2. The zero-order valence-corrected chi connectivity index (χ0v) is 17.1. The molecule has 11 heteroatoms. The summed E-state index contributed by atoms with van der Waals surface area (Å²) in [5, 5.41) is 13.2. The molecule has 0 atom stereocenters. The van der Waals surface area contributed by atoms with Gasteiger partial charge in [-0.3, -0.25) is 19.1 Å². The quantitative estimate of drug-likeness (QED) is 0.627. The molecule has 1 saturated carbocycles. The predicted octanol–water partition coefficient (Wildman–Crippen LogP) is 2.19. The van der Waals surface area contributed by atoms with Gasteiger partial charge in [-0.1, -0.05) is 6.07 Å². The van der Waals surface area contributed by atoms with Crippen LogP contribution < -0.4 is 10.2 Å². The SMILES string of the molecule is O=C(Nc1cc(F)c(N2C(=O)C3(CC3)n3c(C4(O)COC4)cnc32)c(F)c1)c1ccccn1. The highest BCUT2D eigenvalue weighted by molar-refractivity contribution is 6.09. The largest absolute Gasteiger partial charge is 0.379 e. The van der Waals surface area contributed by atoms with Crippen LogP contribution >= 0.6 is 0 Å². The molecular weight excluding hydrogens is 436 g/mol. The van der Waals surface area contributed by atoms with Gasteiger partial charge in [0.2, 0.25) is 5.95 Å². The maximum Gasteiger partial charge on any atom is 0.274 e. The highest BCUT2D eigenvalue weighted by Gasteiger charge is 2.63. The van der Waals surface area contributed by atoms with Crippen molar-refractivity contribution in [2.45, 2.75) is 24.0 Å². The Morgan fingerprint density at radius 2 is 1.88 bits per heavy atom. The molecular formula is C22H17F2N5O4. The standard InChI is InChI=1S/C22H17F2N5O4/c23-13-7-12(27-18(30)15-3-1-2-6-25-15)8-14(24)17(13)28-19(31)21(4-5-21)29-16(9-26-20(28)29)22(32)10-33-11-22/h1-3,6-9,32H,4-5,10-11H2,(H,27,30). The number of anilines is 3. The molecule has 2 amide bonds. The minimum Gasteiger partial charge on any atom is -0.379 e. The fourth-order valence-corrected chi connectivity index (χ4v) is 4.39. The Kier molecular flexibility index (Phi) is 4.02. The number of ether oxygens (including phenoxy) is 1. The van der Waals surface area contributed by atoms with E-state index in [2.05, 4.69) is 15.3 Å². The number of halogens is 2. The van der Waals surface area contributed by atoms with Crippen LogP contribution in [0.4, 0.5) is 26.1 Å². The molecule has 33 heavy (non-hydrogen) atoms. The molecule has 0 radical (unpaired) electrons. The molecule has 1 aromatic carbocycles. The second-order valence-corrected chi connectivity index (χ2v) is 8.43. The molecule has 0 bridgehead atoms. The van der Waals surface area contributed by atoms with Crippen LogP contribution in [0.2, 0.25) is 0 Å². The number of benzene rings is 1. The van der Waals surface area contributed by atoms with Crippen LogP contribution in [0.25, 0.3) is 0 Å². The molecule has 4 heterocycles. The van der Waals surface area contributed by atoms with Crippen molar-refractivity contribution in [1.29, 1.82) is 0 Å². The van der Waals surface area contributed by atoms with Gasteiger partial charge in [0.05, 0.1) is 25.1 Å². The van der Waals surface area contributed by atoms with E-state index in [1.54, 1.807) is 16.7 Å². The van der Waals surface area contributed by atoms with E-state index in [0.717, 1.165) is 17.0 Å². The molecule has 1 saturated heterocycles. The van der Waals surface area contributed by atoms with Crippen molar-refractivity contribution in [3.05, 3.63) is 65.7 Å². The number of amides is 2. The van der Waals surface area contributed by atoms with Crippen LogP contribution in [0.3, 0.4) is 0 Å². The molecule has 3 aromatic rings. The molecule has 2 aliphatic heterocycles. The number of aliphatic hydroxyl groups is 1. The summed E-state index contributed by atoms with van der Waals surface area (Å²) in [7, 11) is 0. The highest BCUT2D eigenvalue weighted by atomic mass is 19.1. The third kappa shape index (κ3) is 2.75. The van der Waals surface area contributed by atoms with Crippen LogP contribution in [-0.2, 0) is 20.7 Å². The molecule has 9 nitrogen and oxygen atoms in total. The van der Waals surface area contributed by atoms with Gasteiger partial charge in [-0.15, -0.1) is 0 Å². The lowest BCUT2D eigenvalue weighted by Crippen LogP contribution is -2.48. The van der Waals surface area contributed by atoms with Crippen molar-refractivity contribution < 1.29 is 28.2 Å². The molecule has 0 unspecified atom stereocenters. The Morgan fingerprint density at radius 3 is 2.45 bits per heavy atom. The Labute approximate surface area is 185 Å². The molecule has 3 aliphatic rings. The predicted molar refractivity (Wildman–Crippen MR) is 110 cm³/mol. The Bertz CT molecular complexity index is 1290. The summed E-state index contributed by atoms with van der Waals surface area (Å²) >= 11 is 0. The van der Waals surface area contributed by atoms with Crippen molar-refractivity contribution in [1.82, 2.24) is 14.5 Å². The van der Waals surface area contributed by atoms with Crippen LogP contribution in [0.15, 0.2) is 42.7 Å². The number of rotatable bonds is 4. The number of carbonyl (C=O) groups is 2. The average Bonchev–Trinajstić information content (AvgIpc) is 3.41. The molecule has 2 fully saturated rings. The summed E-state index contributed by atoms with van der Waals surface area (Å²) in [4.78, 5) is 34.6. The van der Waals surface area contributed by atoms with Crippen molar-refractivity contribution in [2.24, 2.45) is 0 Å². The van der Waals surface area contributed by atoms with Crippen molar-refractivity contribution in [3.8, 4) is 0 Å². The van der Waals surface area contributed by atoms with Crippen molar-refractivity contribution in [3.63, 3.8) is 0 Å². The number of imidazole rings is 1. The van der Waals surface area contributed by atoms with Gasteiger partial charge in [0, 0.05) is 11.9 Å². The third-order valence-corrected chi connectivity index (χ3v) is 6.25. The maximum atomic E-state index is 15.2. The number of pyridine rings is 1. The fraction of sp³-hybridized carbons (Fsp3) is 0.273. The first-order valence-electron chi connectivity index (χ1n) is 10.3. The van der Waals surface area contributed by atoms with Crippen LogP contribution in [0.5, 0.6) is 0 Å². The number of nitrogens with one attached hydrogen (secondary N) is 1. The lowest BCUT2D eigenvalue weighted by Gasteiger charge is -2.37. The van der Waals surface area contributed by atoms with Crippen LogP contribution in [0, 0.1) is 11.6 Å². The van der Waals surface area contributed by atoms with E-state index < -0.39 is 40.3 Å². The Hall–Kier alpha value is -3.70. The summed E-state index contributed by atoms with van der Waals surface area (Å²) < 4.78 is 37.0. The van der Waals surface area contributed by atoms with Gasteiger partial charge in [-0.05, 0) is 37.1 Å². The van der Waals surface area contributed by atoms with Crippen LogP contribution in [-0.4, -0.2) is 44.7 Å². The number of hydrogen-bond donors (Lipinski definition) is 2. The van der Waals surface area contributed by atoms with Gasteiger partial charge in [-0.25, -0.2) is 18.7 Å². The minimum absolute atomic E-state index is 0.0379. The van der Waals surface area contributed by atoms with E-state index in [9.17, 15) is 14.7 Å². The van der Waals surface area contributed by atoms with E-state index >= 15 is 8.78 Å². The molecule has 1 aliphatic carbocycles. The fourth-order valence-electron chi connectivity index (χ4n) is 4.39. The highest BCUT2D eigenvalue weighted by Crippen LogP contribution is 2.56. The first-order valence-corrected chi connectivity index (χ1v) is 10.3. The zero-order valence-electron chi connectivity index (χ0n) is 17.1. The summed E-state index contributed by atoms with van der Waals surface area (Å²) in [6.45, 7) is 0.103. The normalized spacial score (nSPS) is 19.4. The maximum absolute atomic E-state index is 15.2. The van der Waals surface area contributed by atoms with Gasteiger partial charge in [0.15, 0.2) is 17.2 Å². The summed E-state index contributed by atoms with van der Waals surface area (Å²) in [6.07, 6.45) is 3.78. The van der Waals surface area contributed by atoms with Gasteiger partial charge in [0.1, 0.15) is 16.9 Å². The first-order chi connectivity index (χ1) is 15.8. The third-order valence-electron chi connectivity index (χ3n) is 6.25. The Balaban J connectivity index is 1.38. The van der Waals surface area contributed by atoms with Crippen molar-refractivity contribution >= 4 is 29.1 Å². The smallest absolute Gasteiger partial charge is 0.274 e. The Morgan fingerprint density at radius 1 is 1.15 bits per heavy atom. The van der Waals surface area contributed by atoms with Gasteiger partial charge >= 0.3 is 0 Å². The molecule has 2 N–H and O–H groups in total. The van der Waals surface area contributed by atoms with E-state index in [0.29, 0.717) is 18.5 Å². The first kappa shape index (κ1) is 19.9. The molecule has 1 spiro atoms. The van der Waals surface area contributed by atoms with Gasteiger partial charge < -0.3 is 15.2 Å². The second-order valence-electron chi connectivity index (χ2n) is 8.43. The minimum atomic E-state index is -1.30. The molecule has 2 aromatic heterocycles. The average molecular weight is 453 g/mol. The monoisotopic (exact) mass is 453 g/mol. The number of nitrogens with zero attached hydrogens (tertiary/aromatic N) is 4. The second kappa shape index (κ2) is 6.65. The van der Waals surface area contributed by atoms with Gasteiger partial charge in [-0.2, -0.15) is 0 Å².